The second kappa shape index (κ2) is 8.22. The molecule has 0 aromatic heterocycles. The topological polar surface area (TPSA) is 70.6 Å². The second-order valence-electron chi connectivity index (χ2n) is 5.11. The van der Waals surface area contributed by atoms with Crippen LogP contribution in [0, 0.1) is 0 Å². The molecule has 6 heteroatoms. The summed E-state index contributed by atoms with van der Waals surface area (Å²) in [6.45, 7) is 1.73. The highest BCUT2D eigenvalue weighted by atomic mass is 35.5. The molecule has 1 aliphatic heterocycles. The van der Waals surface area contributed by atoms with Crippen LogP contribution in [0.1, 0.15) is 23.2 Å². The number of aliphatic hydroxyl groups is 1. The summed E-state index contributed by atoms with van der Waals surface area (Å²) in [5.74, 6) is 0.0920. The number of anilines is 1. The number of amides is 1. The van der Waals surface area contributed by atoms with Crippen LogP contribution in [0.2, 0.25) is 0 Å². The predicted octanol–water partition coefficient (Wildman–Crippen LogP) is 1.61. The van der Waals surface area contributed by atoms with Crippen LogP contribution in [-0.4, -0.2) is 48.8 Å². The fourth-order valence-corrected chi connectivity index (χ4v) is 2.25. The van der Waals surface area contributed by atoms with Crippen LogP contribution in [0.4, 0.5) is 5.69 Å². The van der Waals surface area contributed by atoms with Gasteiger partial charge in [0.15, 0.2) is 0 Å². The molecule has 2 atom stereocenters. The minimum atomic E-state index is -0.582. The van der Waals surface area contributed by atoms with Gasteiger partial charge in [-0.15, -0.1) is 11.6 Å². The molecule has 5 nitrogen and oxygen atoms in total. The van der Waals surface area contributed by atoms with Gasteiger partial charge in [0, 0.05) is 30.9 Å². The third-order valence-corrected chi connectivity index (χ3v) is 3.74. The summed E-state index contributed by atoms with van der Waals surface area (Å²) in [6.07, 6.45) is 1.63. The van der Waals surface area contributed by atoms with Gasteiger partial charge in [-0.1, -0.05) is 0 Å². The number of hydrogen-bond acceptors (Lipinski definition) is 4. The number of benzene rings is 1. The van der Waals surface area contributed by atoms with Crippen molar-refractivity contribution >= 4 is 23.2 Å². The van der Waals surface area contributed by atoms with Crippen molar-refractivity contribution in [2.75, 3.05) is 30.9 Å². The lowest BCUT2D eigenvalue weighted by atomic mass is 10.2. The van der Waals surface area contributed by atoms with Crippen LogP contribution >= 0.6 is 11.6 Å². The second-order valence-corrected chi connectivity index (χ2v) is 5.42. The van der Waals surface area contributed by atoms with E-state index in [2.05, 4.69) is 10.6 Å². The number of carbonyl (C=O) groups excluding carboxylic acids is 1. The zero-order chi connectivity index (χ0) is 15.1. The molecule has 1 aliphatic rings. The Morgan fingerprint density at radius 3 is 2.81 bits per heavy atom. The first-order chi connectivity index (χ1) is 10.2. The lowest BCUT2D eigenvalue weighted by Gasteiger charge is -2.12. The van der Waals surface area contributed by atoms with E-state index < -0.39 is 6.10 Å². The SMILES string of the molecule is O=C(NCC1CCCO1)c1ccc(NCC(O)CCl)cc1. The van der Waals surface area contributed by atoms with E-state index in [1.807, 2.05) is 12.1 Å². The smallest absolute Gasteiger partial charge is 0.251 e. The highest BCUT2D eigenvalue weighted by Gasteiger charge is 2.16. The molecule has 0 bridgehead atoms. The van der Waals surface area contributed by atoms with Crippen LogP contribution in [0.15, 0.2) is 24.3 Å². The van der Waals surface area contributed by atoms with E-state index in [1.165, 1.54) is 0 Å². The Morgan fingerprint density at radius 2 is 2.19 bits per heavy atom. The van der Waals surface area contributed by atoms with Gasteiger partial charge < -0.3 is 20.5 Å². The van der Waals surface area contributed by atoms with Crippen molar-refractivity contribution in [3.05, 3.63) is 29.8 Å². The van der Waals surface area contributed by atoms with Crippen molar-refractivity contribution in [3.63, 3.8) is 0 Å². The number of halogens is 1. The lowest BCUT2D eigenvalue weighted by molar-refractivity contribution is 0.0858. The molecule has 2 unspecified atom stereocenters. The lowest BCUT2D eigenvalue weighted by Crippen LogP contribution is -2.31. The van der Waals surface area contributed by atoms with Gasteiger partial charge in [-0.2, -0.15) is 0 Å². The van der Waals surface area contributed by atoms with E-state index in [4.69, 9.17) is 16.3 Å². The summed E-state index contributed by atoms with van der Waals surface area (Å²) in [6, 6.07) is 7.12. The zero-order valence-corrected chi connectivity index (χ0v) is 12.6. The summed E-state index contributed by atoms with van der Waals surface area (Å²) in [5.41, 5.74) is 1.45. The maximum Gasteiger partial charge on any atom is 0.251 e. The van der Waals surface area contributed by atoms with E-state index in [1.54, 1.807) is 12.1 Å². The minimum Gasteiger partial charge on any atom is -0.390 e. The molecule has 116 valence electrons. The molecule has 1 heterocycles. The summed E-state index contributed by atoms with van der Waals surface area (Å²) in [7, 11) is 0. The highest BCUT2D eigenvalue weighted by molar-refractivity contribution is 6.18. The summed E-state index contributed by atoms with van der Waals surface area (Å²) in [5, 5.41) is 15.3. The molecular weight excluding hydrogens is 292 g/mol. The first kappa shape index (κ1) is 16.1. The van der Waals surface area contributed by atoms with Crippen molar-refractivity contribution in [2.45, 2.75) is 25.0 Å². The third-order valence-electron chi connectivity index (χ3n) is 3.38. The van der Waals surface area contributed by atoms with Crippen LogP contribution in [0.25, 0.3) is 0 Å². The number of carbonyl (C=O) groups is 1. The highest BCUT2D eigenvalue weighted by Crippen LogP contribution is 2.12. The van der Waals surface area contributed by atoms with Gasteiger partial charge in [0.2, 0.25) is 0 Å². The van der Waals surface area contributed by atoms with Gasteiger partial charge in [-0.3, -0.25) is 4.79 Å². The standard InChI is InChI=1S/C15H21ClN2O3/c16-8-13(19)9-17-12-5-3-11(4-6-12)15(20)18-10-14-2-1-7-21-14/h3-6,13-14,17,19H,1-2,7-10H2,(H,18,20). The average Bonchev–Trinajstić information content (AvgIpc) is 3.04. The van der Waals surface area contributed by atoms with Crippen LogP contribution < -0.4 is 10.6 Å². The minimum absolute atomic E-state index is 0.0992. The molecule has 1 amide bonds. The third kappa shape index (κ3) is 5.19. The molecule has 3 N–H and O–H groups in total. The maximum absolute atomic E-state index is 12.0. The van der Waals surface area contributed by atoms with Gasteiger partial charge in [0.1, 0.15) is 0 Å². The molecule has 2 rings (SSSR count). The van der Waals surface area contributed by atoms with Crippen molar-refractivity contribution < 1.29 is 14.6 Å². The number of hydrogen-bond donors (Lipinski definition) is 3. The van der Waals surface area contributed by atoms with E-state index in [9.17, 15) is 9.90 Å². The van der Waals surface area contributed by atoms with Crippen LogP contribution in [-0.2, 0) is 4.74 Å². The van der Waals surface area contributed by atoms with Crippen molar-refractivity contribution in [3.8, 4) is 0 Å². The fraction of sp³-hybridized carbons (Fsp3) is 0.533. The quantitative estimate of drug-likeness (QED) is 0.669. The van der Waals surface area contributed by atoms with Gasteiger partial charge in [-0.05, 0) is 37.1 Å². The summed E-state index contributed by atoms with van der Waals surface area (Å²) >= 11 is 5.52. The van der Waals surface area contributed by atoms with Crippen molar-refractivity contribution in [2.24, 2.45) is 0 Å². The van der Waals surface area contributed by atoms with E-state index in [0.29, 0.717) is 18.7 Å². The molecule has 0 saturated carbocycles. The van der Waals surface area contributed by atoms with Gasteiger partial charge in [-0.25, -0.2) is 0 Å². The molecule has 21 heavy (non-hydrogen) atoms. The first-order valence-corrected chi connectivity index (χ1v) is 7.70. The molecular formula is C15H21ClN2O3. The van der Waals surface area contributed by atoms with E-state index in [0.717, 1.165) is 25.1 Å². The summed E-state index contributed by atoms with van der Waals surface area (Å²) in [4.78, 5) is 12.0. The van der Waals surface area contributed by atoms with Crippen LogP contribution in [0.3, 0.4) is 0 Å². The average molecular weight is 313 g/mol. The molecule has 1 fully saturated rings. The molecule has 0 radical (unpaired) electrons. The fourth-order valence-electron chi connectivity index (χ4n) is 2.14. The molecule has 1 aromatic rings. The summed E-state index contributed by atoms with van der Waals surface area (Å²) < 4.78 is 5.46. The number of alkyl halides is 1. The molecule has 0 spiro atoms. The largest absolute Gasteiger partial charge is 0.390 e. The monoisotopic (exact) mass is 312 g/mol. The normalized spacial score (nSPS) is 19.2. The Bertz CT molecular complexity index is 447. The number of rotatable bonds is 7. The van der Waals surface area contributed by atoms with Gasteiger partial charge in [0.25, 0.3) is 5.91 Å². The predicted molar refractivity (Wildman–Crippen MR) is 83.0 cm³/mol. The first-order valence-electron chi connectivity index (χ1n) is 7.17. The van der Waals surface area contributed by atoms with Gasteiger partial charge >= 0.3 is 0 Å². The van der Waals surface area contributed by atoms with Crippen LogP contribution in [0.5, 0.6) is 0 Å². The molecule has 1 saturated heterocycles. The molecule has 1 aromatic carbocycles. The Morgan fingerprint density at radius 1 is 1.43 bits per heavy atom. The van der Waals surface area contributed by atoms with E-state index in [-0.39, 0.29) is 17.9 Å². The van der Waals surface area contributed by atoms with Crippen molar-refractivity contribution in [1.29, 1.82) is 0 Å². The number of aliphatic hydroxyl groups excluding tert-OH is 1. The Labute approximate surface area is 129 Å². The maximum atomic E-state index is 12.0. The van der Waals surface area contributed by atoms with E-state index >= 15 is 0 Å². The van der Waals surface area contributed by atoms with Gasteiger partial charge in [0.05, 0.1) is 18.1 Å². The Kier molecular flexibility index (Phi) is 6.29. The Hall–Kier alpha value is -1.30. The Balaban J connectivity index is 1.78. The molecule has 0 aliphatic carbocycles. The van der Waals surface area contributed by atoms with Crippen molar-refractivity contribution in [1.82, 2.24) is 5.32 Å². The zero-order valence-electron chi connectivity index (χ0n) is 11.8. The number of nitrogens with one attached hydrogen (secondary N) is 2. The number of ether oxygens (including phenoxy) is 1.